The molecular formula is C8H15N2P. The van der Waals surface area contributed by atoms with Crippen LogP contribution in [0.1, 0.15) is 38.0 Å². The van der Waals surface area contributed by atoms with E-state index in [1.165, 1.54) is 5.56 Å². The van der Waals surface area contributed by atoms with Crippen LogP contribution in [0.15, 0.2) is 12.4 Å². The van der Waals surface area contributed by atoms with Gasteiger partial charge >= 0.3 is 0 Å². The zero-order chi connectivity index (χ0) is 8.43. The summed E-state index contributed by atoms with van der Waals surface area (Å²) in [6.07, 6.45) is 4.04. The van der Waals surface area contributed by atoms with Gasteiger partial charge in [0.25, 0.3) is 0 Å². The highest BCUT2D eigenvalue weighted by Gasteiger charge is 2.03. The average Bonchev–Trinajstić information content (AvgIpc) is 2.33. The zero-order valence-electron chi connectivity index (χ0n) is 7.28. The minimum Gasteiger partial charge on any atom is -0.266 e. The lowest BCUT2D eigenvalue weighted by Gasteiger charge is -2.03. The van der Waals surface area contributed by atoms with Crippen molar-refractivity contribution in [2.24, 2.45) is 0 Å². The number of aromatic nitrogens is 2. The first-order valence-electron chi connectivity index (χ1n) is 3.91. The molecule has 2 unspecified atom stereocenters. The Morgan fingerprint density at radius 3 is 2.36 bits per heavy atom. The highest BCUT2D eigenvalue weighted by atomic mass is 31.0. The minimum atomic E-state index is 0.391. The van der Waals surface area contributed by atoms with E-state index in [4.69, 9.17) is 0 Å². The van der Waals surface area contributed by atoms with E-state index in [0.29, 0.717) is 11.7 Å². The van der Waals surface area contributed by atoms with E-state index in [1.807, 2.05) is 10.9 Å². The van der Waals surface area contributed by atoms with Crippen molar-refractivity contribution in [2.75, 3.05) is 0 Å². The van der Waals surface area contributed by atoms with Crippen LogP contribution in [0.5, 0.6) is 0 Å². The molecule has 2 atom stereocenters. The van der Waals surface area contributed by atoms with Gasteiger partial charge in [-0.2, -0.15) is 5.10 Å². The van der Waals surface area contributed by atoms with Crippen molar-refractivity contribution in [1.29, 1.82) is 0 Å². The van der Waals surface area contributed by atoms with Crippen LogP contribution in [-0.4, -0.2) is 9.78 Å². The van der Waals surface area contributed by atoms with Gasteiger partial charge in [-0.25, -0.2) is 0 Å². The van der Waals surface area contributed by atoms with Crippen LogP contribution in [0, 0.1) is 0 Å². The molecule has 0 saturated heterocycles. The average molecular weight is 170 g/mol. The van der Waals surface area contributed by atoms with Crippen molar-refractivity contribution in [3.63, 3.8) is 0 Å². The van der Waals surface area contributed by atoms with Gasteiger partial charge in [-0.3, -0.25) is 4.68 Å². The van der Waals surface area contributed by atoms with E-state index in [2.05, 4.69) is 41.3 Å². The topological polar surface area (TPSA) is 17.8 Å². The van der Waals surface area contributed by atoms with Gasteiger partial charge in [0.15, 0.2) is 0 Å². The third-order valence-electron chi connectivity index (χ3n) is 1.71. The molecule has 0 aliphatic carbocycles. The lowest BCUT2D eigenvalue weighted by molar-refractivity contribution is 0.641. The molecule has 0 aliphatic rings. The molecule has 0 saturated carbocycles. The first-order valence-corrected chi connectivity index (χ1v) is 4.57. The van der Waals surface area contributed by atoms with Gasteiger partial charge in [0, 0.05) is 6.20 Å². The van der Waals surface area contributed by atoms with Gasteiger partial charge in [0.1, 0.15) is 0 Å². The Kier molecular flexibility index (Phi) is 2.67. The smallest absolute Gasteiger partial charge is 0.0627 e. The first-order chi connectivity index (χ1) is 5.11. The van der Waals surface area contributed by atoms with Crippen molar-refractivity contribution in [3.05, 3.63) is 18.0 Å². The van der Waals surface area contributed by atoms with E-state index in [9.17, 15) is 0 Å². The third kappa shape index (κ3) is 2.03. The Morgan fingerprint density at radius 2 is 2.09 bits per heavy atom. The van der Waals surface area contributed by atoms with Crippen LogP contribution >= 0.6 is 9.24 Å². The molecule has 0 fully saturated rings. The summed E-state index contributed by atoms with van der Waals surface area (Å²) in [6, 6.07) is 0. The van der Waals surface area contributed by atoms with Crippen LogP contribution in [-0.2, 0) is 0 Å². The van der Waals surface area contributed by atoms with Gasteiger partial charge in [-0.15, -0.1) is 9.24 Å². The quantitative estimate of drug-likeness (QED) is 0.623. The Labute approximate surface area is 70.2 Å². The summed E-state index contributed by atoms with van der Waals surface area (Å²) < 4.78 is 1.96. The molecule has 0 bridgehead atoms. The Hall–Kier alpha value is -0.360. The van der Waals surface area contributed by atoms with Crippen molar-refractivity contribution in [3.8, 4) is 0 Å². The largest absolute Gasteiger partial charge is 0.266 e. The van der Waals surface area contributed by atoms with Crippen LogP contribution < -0.4 is 0 Å². The molecule has 0 radical (unpaired) electrons. The summed E-state index contributed by atoms with van der Waals surface area (Å²) in [7, 11) is 2.72. The second kappa shape index (κ2) is 3.36. The molecule has 11 heavy (non-hydrogen) atoms. The summed E-state index contributed by atoms with van der Waals surface area (Å²) in [5.74, 6) is 0.968. The summed E-state index contributed by atoms with van der Waals surface area (Å²) in [5.41, 5.74) is 1.30. The molecule has 0 N–H and O–H groups in total. The molecule has 3 heteroatoms. The predicted molar refractivity (Wildman–Crippen MR) is 50.7 cm³/mol. The minimum absolute atomic E-state index is 0.391. The molecule has 1 aromatic heterocycles. The Balaban J connectivity index is 2.82. The summed E-state index contributed by atoms with van der Waals surface area (Å²) >= 11 is 0. The number of hydrogen-bond donors (Lipinski definition) is 0. The standard InChI is InChI=1S/C8H15N2P/c1-6(2)8-4-9-10(5-8)7(3)11/h4-7H,11H2,1-3H3. The van der Waals surface area contributed by atoms with Gasteiger partial charge in [-0.1, -0.05) is 13.8 Å². The molecule has 0 aromatic carbocycles. The maximum Gasteiger partial charge on any atom is 0.0627 e. The Bertz CT molecular complexity index is 205. The van der Waals surface area contributed by atoms with E-state index in [0.717, 1.165) is 0 Å². The van der Waals surface area contributed by atoms with Gasteiger partial charge < -0.3 is 0 Å². The summed E-state index contributed by atoms with van der Waals surface area (Å²) in [6.45, 7) is 6.45. The molecule has 0 aliphatic heterocycles. The van der Waals surface area contributed by atoms with E-state index < -0.39 is 0 Å². The molecule has 1 rings (SSSR count). The van der Waals surface area contributed by atoms with E-state index in [1.54, 1.807) is 0 Å². The lowest BCUT2D eigenvalue weighted by atomic mass is 10.1. The van der Waals surface area contributed by atoms with Crippen molar-refractivity contribution < 1.29 is 0 Å². The molecule has 62 valence electrons. The number of hydrogen-bond acceptors (Lipinski definition) is 1. The van der Waals surface area contributed by atoms with Crippen molar-refractivity contribution in [1.82, 2.24) is 9.78 Å². The van der Waals surface area contributed by atoms with Gasteiger partial charge in [-0.05, 0) is 18.4 Å². The summed E-state index contributed by atoms with van der Waals surface area (Å²) in [4.78, 5) is 0. The van der Waals surface area contributed by atoms with Crippen LogP contribution in [0.25, 0.3) is 0 Å². The van der Waals surface area contributed by atoms with Crippen LogP contribution in [0.3, 0.4) is 0 Å². The van der Waals surface area contributed by atoms with E-state index >= 15 is 0 Å². The molecule has 1 heterocycles. The van der Waals surface area contributed by atoms with E-state index in [-0.39, 0.29) is 0 Å². The maximum absolute atomic E-state index is 4.23. The fourth-order valence-electron chi connectivity index (χ4n) is 0.874. The van der Waals surface area contributed by atoms with Crippen LogP contribution in [0.2, 0.25) is 0 Å². The maximum atomic E-state index is 4.23. The first kappa shape index (κ1) is 8.73. The zero-order valence-corrected chi connectivity index (χ0v) is 8.44. The highest BCUT2D eigenvalue weighted by Crippen LogP contribution is 2.17. The highest BCUT2D eigenvalue weighted by molar-refractivity contribution is 7.16. The normalized spacial score (nSPS) is 13.9. The lowest BCUT2D eigenvalue weighted by Crippen LogP contribution is -1.96. The fourth-order valence-corrected chi connectivity index (χ4v) is 1.04. The molecule has 2 nitrogen and oxygen atoms in total. The molecule has 0 amide bonds. The monoisotopic (exact) mass is 170 g/mol. The second-order valence-corrected chi connectivity index (χ2v) is 4.11. The number of rotatable bonds is 2. The van der Waals surface area contributed by atoms with Crippen molar-refractivity contribution >= 4 is 9.24 Å². The fraction of sp³-hybridized carbons (Fsp3) is 0.625. The Morgan fingerprint density at radius 1 is 1.45 bits per heavy atom. The third-order valence-corrected chi connectivity index (χ3v) is 2.01. The number of nitrogens with zero attached hydrogens (tertiary/aromatic N) is 2. The summed E-state index contributed by atoms with van der Waals surface area (Å²) in [5, 5.41) is 4.23. The van der Waals surface area contributed by atoms with Crippen LogP contribution in [0.4, 0.5) is 0 Å². The second-order valence-electron chi connectivity index (χ2n) is 3.15. The SMILES string of the molecule is CC(C)c1cnn(C(C)P)c1. The van der Waals surface area contributed by atoms with Crippen molar-refractivity contribution in [2.45, 2.75) is 32.5 Å². The predicted octanol–water partition coefficient (Wildman–Crippen LogP) is 2.40. The van der Waals surface area contributed by atoms with Gasteiger partial charge in [0.2, 0.25) is 0 Å². The van der Waals surface area contributed by atoms with Gasteiger partial charge in [0.05, 0.1) is 12.0 Å². The molecular weight excluding hydrogens is 155 g/mol. The molecule has 0 spiro atoms. The molecule has 1 aromatic rings.